The summed E-state index contributed by atoms with van der Waals surface area (Å²) in [5, 5.41) is 0. The summed E-state index contributed by atoms with van der Waals surface area (Å²) in [5.74, 6) is 2.58. The van der Waals surface area contributed by atoms with E-state index in [9.17, 15) is 13.2 Å². The lowest BCUT2D eigenvalue weighted by atomic mass is 9.44. The predicted octanol–water partition coefficient (Wildman–Crippen LogP) is 3.30. The molecular weight excluding hydrogens is 328 g/mol. The molecule has 0 aromatic rings. The minimum atomic E-state index is -4.08. The first-order chi connectivity index (χ1) is 11.2. The molecule has 0 aromatic carbocycles. The van der Waals surface area contributed by atoms with Gasteiger partial charge in [-0.15, -0.1) is 0 Å². The van der Waals surface area contributed by atoms with Crippen molar-refractivity contribution in [2.75, 3.05) is 12.4 Å². The van der Waals surface area contributed by atoms with Crippen LogP contribution < -0.4 is 0 Å². The van der Waals surface area contributed by atoms with Gasteiger partial charge in [0, 0.05) is 0 Å². The summed E-state index contributed by atoms with van der Waals surface area (Å²) in [7, 11) is -4.08. The minimum Gasteiger partial charge on any atom is -0.464 e. The molecule has 0 radical (unpaired) electrons. The highest BCUT2D eigenvalue weighted by atomic mass is 32.2. The number of esters is 1. The van der Waals surface area contributed by atoms with E-state index in [0.717, 1.165) is 31.1 Å². The second-order valence-corrected chi connectivity index (χ2v) is 10.1. The molecule has 3 atom stereocenters. The zero-order valence-electron chi connectivity index (χ0n) is 14.7. The number of ether oxygens (including phenoxy) is 1. The Hall–Kier alpha value is -0.620. The maximum atomic E-state index is 12.7. The highest BCUT2D eigenvalue weighted by molar-refractivity contribution is 7.85. The largest absolute Gasteiger partial charge is 0.464 e. The summed E-state index contributed by atoms with van der Waals surface area (Å²) in [6.07, 6.45) is 7.68. The third kappa shape index (κ3) is 3.50. The molecule has 0 aliphatic heterocycles. The third-order valence-corrected chi connectivity index (χ3v) is 7.44. The number of carbonyl (C=O) groups is 1. The summed E-state index contributed by atoms with van der Waals surface area (Å²) >= 11 is 0. The lowest BCUT2D eigenvalue weighted by Crippen LogP contribution is -2.55. The molecule has 4 aliphatic carbocycles. The Morgan fingerprint density at radius 3 is 2.42 bits per heavy atom. The molecule has 0 saturated heterocycles. The Morgan fingerprint density at radius 1 is 1.25 bits per heavy atom. The Kier molecular flexibility index (Phi) is 5.00. The molecule has 4 bridgehead atoms. The summed E-state index contributed by atoms with van der Waals surface area (Å²) in [4.78, 5) is 12.7. The van der Waals surface area contributed by atoms with E-state index in [1.807, 2.05) is 0 Å². The van der Waals surface area contributed by atoms with Crippen LogP contribution in [0.1, 0.15) is 58.8 Å². The molecule has 4 rings (SSSR count). The van der Waals surface area contributed by atoms with Crippen LogP contribution in [0.4, 0.5) is 0 Å². The average molecular weight is 359 g/mol. The molecule has 0 amide bonds. The number of carbonyl (C=O) groups excluding carboxylic acids is 1. The average Bonchev–Trinajstić information content (AvgIpc) is 2.44. The van der Waals surface area contributed by atoms with Gasteiger partial charge in [0.05, 0.1) is 5.41 Å². The van der Waals surface area contributed by atoms with Crippen LogP contribution in [0.15, 0.2) is 0 Å². The van der Waals surface area contributed by atoms with Gasteiger partial charge in [-0.25, -0.2) is 0 Å². The summed E-state index contributed by atoms with van der Waals surface area (Å²) in [5.41, 5.74) is -0.391. The molecule has 4 aliphatic rings. The van der Waals surface area contributed by atoms with Gasteiger partial charge in [0.25, 0.3) is 10.1 Å². The molecule has 24 heavy (non-hydrogen) atoms. The summed E-state index contributed by atoms with van der Waals surface area (Å²) < 4.78 is 35.7. The van der Waals surface area contributed by atoms with Gasteiger partial charge in [0.1, 0.15) is 12.4 Å². The number of rotatable bonds is 7. The smallest absolute Gasteiger partial charge is 0.312 e. The fourth-order valence-corrected chi connectivity index (χ4v) is 6.58. The van der Waals surface area contributed by atoms with Crippen LogP contribution in [-0.4, -0.2) is 31.3 Å². The number of hydrogen-bond donors (Lipinski definition) is 1. The van der Waals surface area contributed by atoms with E-state index in [0.29, 0.717) is 17.8 Å². The molecule has 4 saturated carbocycles. The highest BCUT2D eigenvalue weighted by Crippen LogP contribution is 2.64. The maximum Gasteiger partial charge on any atom is 0.312 e. The molecule has 4 fully saturated rings. The molecule has 0 aromatic heterocycles. The summed E-state index contributed by atoms with van der Waals surface area (Å²) in [6, 6.07) is 0. The minimum absolute atomic E-state index is 0.229. The quantitative estimate of drug-likeness (QED) is 0.558. The van der Waals surface area contributed by atoms with Gasteiger partial charge in [-0.1, -0.05) is 26.7 Å². The van der Waals surface area contributed by atoms with E-state index >= 15 is 0 Å². The Bertz CT molecular complexity index is 568. The van der Waals surface area contributed by atoms with Gasteiger partial charge in [-0.3, -0.25) is 9.35 Å². The van der Waals surface area contributed by atoms with E-state index < -0.39 is 21.3 Å². The molecular formula is C18H30O5S. The lowest BCUT2D eigenvalue weighted by Gasteiger charge is -2.60. The van der Waals surface area contributed by atoms with Gasteiger partial charge >= 0.3 is 5.97 Å². The Labute approximate surface area is 145 Å². The molecule has 5 nitrogen and oxygen atoms in total. The van der Waals surface area contributed by atoms with Gasteiger partial charge in [-0.05, 0) is 61.7 Å². The highest BCUT2D eigenvalue weighted by Gasteiger charge is 2.59. The van der Waals surface area contributed by atoms with E-state index in [2.05, 4.69) is 13.8 Å². The van der Waals surface area contributed by atoms with Crippen LogP contribution in [0.25, 0.3) is 0 Å². The van der Waals surface area contributed by atoms with Gasteiger partial charge < -0.3 is 4.74 Å². The Balaban J connectivity index is 1.67. The monoisotopic (exact) mass is 358 g/mol. The van der Waals surface area contributed by atoms with E-state index in [1.54, 1.807) is 0 Å². The van der Waals surface area contributed by atoms with Crippen molar-refractivity contribution in [2.24, 2.45) is 35.0 Å². The SMILES string of the molecule is CCCC(C)C1C2CC3CC1CC(C(=O)OCCS(=O)(=O)O)(C3)C2. The lowest BCUT2D eigenvalue weighted by molar-refractivity contribution is -0.179. The summed E-state index contributed by atoms with van der Waals surface area (Å²) in [6.45, 7) is 4.36. The first-order valence-corrected chi connectivity index (χ1v) is 11.0. The van der Waals surface area contributed by atoms with E-state index in [1.165, 1.54) is 25.7 Å². The molecule has 138 valence electrons. The predicted molar refractivity (Wildman–Crippen MR) is 90.9 cm³/mol. The van der Waals surface area contributed by atoms with E-state index in [-0.39, 0.29) is 12.6 Å². The van der Waals surface area contributed by atoms with Crippen LogP contribution in [0.5, 0.6) is 0 Å². The third-order valence-electron chi connectivity index (χ3n) is 6.75. The van der Waals surface area contributed by atoms with Crippen LogP contribution in [0.2, 0.25) is 0 Å². The topological polar surface area (TPSA) is 80.7 Å². The first-order valence-electron chi connectivity index (χ1n) is 9.36. The van der Waals surface area contributed by atoms with Crippen molar-refractivity contribution in [3.8, 4) is 0 Å². The van der Waals surface area contributed by atoms with Crippen molar-refractivity contribution in [1.29, 1.82) is 0 Å². The van der Waals surface area contributed by atoms with Crippen molar-refractivity contribution >= 4 is 16.1 Å². The maximum absolute atomic E-state index is 12.7. The second kappa shape index (κ2) is 6.60. The van der Waals surface area contributed by atoms with Gasteiger partial charge in [0.15, 0.2) is 0 Å². The van der Waals surface area contributed by atoms with Crippen molar-refractivity contribution in [2.45, 2.75) is 58.8 Å². The van der Waals surface area contributed by atoms with Crippen LogP contribution >= 0.6 is 0 Å². The first kappa shape index (κ1) is 18.2. The Morgan fingerprint density at radius 2 is 1.88 bits per heavy atom. The molecule has 3 unspecified atom stereocenters. The van der Waals surface area contributed by atoms with E-state index in [4.69, 9.17) is 9.29 Å². The van der Waals surface area contributed by atoms with Crippen LogP contribution in [0.3, 0.4) is 0 Å². The zero-order valence-corrected chi connectivity index (χ0v) is 15.6. The molecule has 0 heterocycles. The fraction of sp³-hybridized carbons (Fsp3) is 0.944. The van der Waals surface area contributed by atoms with Crippen molar-refractivity contribution in [3.05, 3.63) is 0 Å². The fourth-order valence-electron chi connectivity index (χ4n) is 6.28. The van der Waals surface area contributed by atoms with Gasteiger partial charge in [-0.2, -0.15) is 8.42 Å². The van der Waals surface area contributed by atoms with Crippen molar-refractivity contribution in [1.82, 2.24) is 0 Å². The number of hydrogen-bond acceptors (Lipinski definition) is 4. The molecule has 0 spiro atoms. The van der Waals surface area contributed by atoms with Crippen molar-refractivity contribution in [3.63, 3.8) is 0 Å². The van der Waals surface area contributed by atoms with Crippen LogP contribution in [-0.2, 0) is 19.6 Å². The molecule has 1 N–H and O–H groups in total. The standard InChI is InChI=1S/C18H30O5S/c1-3-4-12(2)16-14-7-13-8-15(16)11-18(9-13,10-14)17(19)23-5-6-24(20,21)22/h12-16H,3-11H2,1-2H3,(H,20,21,22). The second-order valence-electron chi connectivity index (χ2n) is 8.52. The van der Waals surface area contributed by atoms with Gasteiger partial charge in [0.2, 0.25) is 0 Å². The van der Waals surface area contributed by atoms with Crippen LogP contribution in [0, 0.1) is 35.0 Å². The van der Waals surface area contributed by atoms with Crippen molar-refractivity contribution < 1.29 is 22.5 Å². The zero-order chi connectivity index (χ0) is 17.5. The molecule has 6 heteroatoms. The normalized spacial score (nSPS) is 39.0.